The van der Waals surface area contributed by atoms with Gasteiger partial charge in [0.15, 0.2) is 6.61 Å². The topological polar surface area (TPSA) is 38.3 Å². The van der Waals surface area contributed by atoms with Gasteiger partial charge in [0.25, 0.3) is 5.91 Å². The van der Waals surface area contributed by atoms with Gasteiger partial charge in [-0.2, -0.15) is 0 Å². The normalized spacial score (nSPS) is 10.4. The lowest BCUT2D eigenvalue weighted by Gasteiger charge is -2.13. The Morgan fingerprint density at radius 2 is 1.82 bits per heavy atom. The quantitative estimate of drug-likeness (QED) is 0.856. The third-order valence-electron chi connectivity index (χ3n) is 3.59. The monoisotopic (exact) mass is 361 g/mol. The van der Waals surface area contributed by atoms with Crippen molar-refractivity contribution in [2.45, 2.75) is 27.7 Å². The van der Waals surface area contributed by atoms with Gasteiger partial charge in [0.05, 0.1) is 0 Å². The third-order valence-corrected chi connectivity index (χ3v) is 4.08. The molecule has 0 spiro atoms. The molecule has 0 saturated carbocycles. The van der Waals surface area contributed by atoms with Crippen LogP contribution in [0.3, 0.4) is 0 Å². The molecule has 0 aromatic heterocycles. The Morgan fingerprint density at radius 3 is 2.50 bits per heavy atom. The summed E-state index contributed by atoms with van der Waals surface area (Å²) >= 11 is 3.41. The van der Waals surface area contributed by atoms with Crippen LogP contribution in [0.15, 0.2) is 34.8 Å². The Morgan fingerprint density at radius 1 is 1.09 bits per heavy atom. The van der Waals surface area contributed by atoms with E-state index < -0.39 is 0 Å². The van der Waals surface area contributed by atoms with Crippen molar-refractivity contribution in [2.75, 3.05) is 11.9 Å². The lowest BCUT2D eigenvalue weighted by atomic mass is 10.1. The summed E-state index contributed by atoms with van der Waals surface area (Å²) in [5.74, 6) is 0.601. The van der Waals surface area contributed by atoms with Crippen LogP contribution in [-0.2, 0) is 4.79 Å². The molecule has 0 radical (unpaired) electrons. The van der Waals surface area contributed by atoms with Crippen molar-refractivity contribution in [3.63, 3.8) is 0 Å². The highest BCUT2D eigenvalue weighted by Crippen LogP contribution is 2.23. The fraction of sp³-hybridized carbons (Fsp3) is 0.278. The smallest absolute Gasteiger partial charge is 0.262 e. The highest BCUT2D eigenvalue weighted by molar-refractivity contribution is 9.10. The first kappa shape index (κ1) is 16.6. The summed E-state index contributed by atoms with van der Waals surface area (Å²) in [6.45, 7) is 8.01. The average molecular weight is 362 g/mol. The summed E-state index contributed by atoms with van der Waals surface area (Å²) in [7, 11) is 0. The molecule has 0 aliphatic rings. The van der Waals surface area contributed by atoms with Gasteiger partial charge in [0.2, 0.25) is 0 Å². The van der Waals surface area contributed by atoms with Gasteiger partial charge in [-0.25, -0.2) is 0 Å². The zero-order valence-electron chi connectivity index (χ0n) is 13.3. The van der Waals surface area contributed by atoms with Crippen LogP contribution < -0.4 is 10.1 Å². The zero-order valence-corrected chi connectivity index (χ0v) is 14.9. The summed E-state index contributed by atoms with van der Waals surface area (Å²) in [5, 5.41) is 2.87. The number of carbonyl (C=O) groups is 1. The molecular weight excluding hydrogens is 342 g/mol. The summed E-state index contributed by atoms with van der Waals surface area (Å²) in [6, 6.07) is 9.80. The van der Waals surface area contributed by atoms with Crippen LogP contribution in [0.25, 0.3) is 0 Å². The standard InChI is InChI=1S/C18H20BrNO2/c1-11-7-12(2)14(4)17(8-11)22-10-18(21)20-16-6-5-15(19)9-13(16)3/h5-9H,10H2,1-4H3,(H,20,21). The predicted octanol–water partition coefficient (Wildman–Crippen LogP) is 4.70. The molecule has 0 bridgehead atoms. The maximum Gasteiger partial charge on any atom is 0.262 e. The molecule has 2 aromatic carbocycles. The van der Waals surface area contributed by atoms with Crippen molar-refractivity contribution in [2.24, 2.45) is 0 Å². The second kappa shape index (κ2) is 6.97. The number of carbonyl (C=O) groups excluding carboxylic acids is 1. The van der Waals surface area contributed by atoms with E-state index in [1.54, 1.807) is 0 Å². The van der Waals surface area contributed by atoms with Crippen LogP contribution in [0.2, 0.25) is 0 Å². The molecule has 0 saturated heterocycles. The lowest BCUT2D eigenvalue weighted by molar-refractivity contribution is -0.118. The van der Waals surface area contributed by atoms with Gasteiger partial charge in [-0.3, -0.25) is 4.79 Å². The van der Waals surface area contributed by atoms with Crippen molar-refractivity contribution >= 4 is 27.5 Å². The molecule has 2 aromatic rings. The molecule has 0 atom stereocenters. The van der Waals surface area contributed by atoms with Gasteiger partial charge >= 0.3 is 0 Å². The number of ether oxygens (including phenoxy) is 1. The molecule has 0 unspecified atom stereocenters. The molecule has 0 fully saturated rings. The Balaban J connectivity index is 2.01. The zero-order chi connectivity index (χ0) is 16.3. The fourth-order valence-corrected chi connectivity index (χ4v) is 2.72. The highest BCUT2D eigenvalue weighted by atomic mass is 79.9. The van der Waals surface area contributed by atoms with Crippen molar-refractivity contribution in [1.29, 1.82) is 0 Å². The SMILES string of the molecule is Cc1cc(C)c(C)c(OCC(=O)Nc2ccc(Br)cc2C)c1. The number of nitrogens with one attached hydrogen (secondary N) is 1. The number of hydrogen-bond donors (Lipinski definition) is 1. The van der Waals surface area contributed by atoms with Gasteiger partial charge in [-0.05, 0) is 74.2 Å². The van der Waals surface area contributed by atoms with E-state index >= 15 is 0 Å². The van der Waals surface area contributed by atoms with Crippen LogP contribution >= 0.6 is 15.9 Å². The van der Waals surface area contributed by atoms with E-state index in [1.165, 1.54) is 5.56 Å². The Bertz CT molecular complexity index is 710. The molecule has 22 heavy (non-hydrogen) atoms. The number of halogens is 1. The van der Waals surface area contributed by atoms with Crippen molar-refractivity contribution in [3.05, 3.63) is 57.1 Å². The second-order valence-corrected chi connectivity index (χ2v) is 6.42. The van der Waals surface area contributed by atoms with E-state index in [2.05, 4.69) is 27.3 Å². The van der Waals surface area contributed by atoms with Gasteiger partial charge in [0, 0.05) is 10.2 Å². The van der Waals surface area contributed by atoms with E-state index in [-0.39, 0.29) is 12.5 Å². The van der Waals surface area contributed by atoms with E-state index in [0.717, 1.165) is 32.6 Å². The molecule has 1 amide bonds. The van der Waals surface area contributed by atoms with E-state index in [4.69, 9.17) is 4.74 Å². The molecule has 2 rings (SSSR count). The fourth-order valence-electron chi connectivity index (χ4n) is 2.25. The van der Waals surface area contributed by atoms with E-state index in [1.807, 2.05) is 52.0 Å². The summed E-state index contributed by atoms with van der Waals surface area (Å²) in [6.07, 6.45) is 0. The number of amides is 1. The van der Waals surface area contributed by atoms with Crippen molar-refractivity contribution in [1.82, 2.24) is 0 Å². The average Bonchev–Trinajstić information content (AvgIpc) is 2.44. The maximum absolute atomic E-state index is 12.1. The molecule has 0 aliphatic carbocycles. The molecule has 4 heteroatoms. The molecule has 3 nitrogen and oxygen atoms in total. The molecule has 0 aliphatic heterocycles. The minimum absolute atomic E-state index is 0.000757. The minimum Gasteiger partial charge on any atom is -0.483 e. The Labute approximate surface area is 139 Å². The van der Waals surface area contributed by atoms with Crippen LogP contribution in [-0.4, -0.2) is 12.5 Å². The third kappa shape index (κ3) is 4.10. The molecule has 0 heterocycles. The summed E-state index contributed by atoms with van der Waals surface area (Å²) < 4.78 is 6.67. The van der Waals surface area contributed by atoms with Gasteiger partial charge in [-0.15, -0.1) is 0 Å². The van der Waals surface area contributed by atoms with Crippen molar-refractivity contribution < 1.29 is 9.53 Å². The predicted molar refractivity (Wildman–Crippen MR) is 93.7 cm³/mol. The highest BCUT2D eigenvalue weighted by Gasteiger charge is 2.09. The van der Waals surface area contributed by atoms with Crippen LogP contribution in [0.4, 0.5) is 5.69 Å². The number of aryl methyl sites for hydroxylation is 3. The van der Waals surface area contributed by atoms with Crippen LogP contribution in [0.5, 0.6) is 5.75 Å². The second-order valence-electron chi connectivity index (χ2n) is 5.50. The first-order valence-corrected chi connectivity index (χ1v) is 7.93. The molecule has 116 valence electrons. The van der Waals surface area contributed by atoms with Crippen LogP contribution in [0.1, 0.15) is 22.3 Å². The van der Waals surface area contributed by atoms with E-state index in [9.17, 15) is 4.79 Å². The van der Waals surface area contributed by atoms with Crippen LogP contribution in [0, 0.1) is 27.7 Å². The maximum atomic E-state index is 12.1. The molecular formula is C18H20BrNO2. The Hall–Kier alpha value is -1.81. The van der Waals surface area contributed by atoms with Gasteiger partial charge in [-0.1, -0.05) is 22.0 Å². The van der Waals surface area contributed by atoms with E-state index in [0.29, 0.717) is 0 Å². The summed E-state index contributed by atoms with van der Waals surface area (Å²) in [4.78, 5) is 12.1. The van der Waals surface area contributed by atoms with Crippen molar-refractivity contribution in [3.8, 4) is 5.75 Å². The number of hydrogen-bond acceptors (Lipinski definition) is 2. The lowest BCUT2D eigenvalue weighted by Crippen LogP contribution is -2.21. The first-order chi connectivity index (χ1) is 10.4. The minimum atomic E-state index is -0.163. The number of benzene rings is 2. The summed E-state index contributed by atoms with van der Waals surface area (Å²) in [5.41, 5.74) is 5.17. The Kier molecular flexibility index (Phi) is 5.24. The largest absolute Gasteiger partial charge is 0.483 e. The number of rotatable bonds is 4. The first-order valence-electron chi connectivity index (χ1n) is 7.13. The van der Waals surface area contributed by atoms with Gasteiger partial charge in [0.1, 0.15) is 5.75 Å². The molecule has 1 N–H and O–H groups in total. The number of anilines is 1. The van der Waals surface area contributed by atoms with Gasteiger partial charge < -0.3 is 10.1 Å².